The lowest BCUT2D eigenvalue weighted by atomic mass is 9.49. The Labute approximate surface area is 173 Å². The number of carbonyl (C=O) groups is 2. The van der Waals surface area contributed by atoms with Gasteiger partial charge in [0.05, 0.1) is 11.8 Å². The van der Waals surface area contributed by atoms with Crippen LogP contribution in [-0.4, -0.2) is 37.8 Å². The Morgan fingerprint density at radius 3 is 2.63 bits per heavy atom. The highest BCUT2D eigenvalue weighted by molar-refractivity contribution is 5.98. The van der Waals surface area contributed by atoms with E-state index in [-0.39, 0.29) is 28.6 Å². The smallest absolute Gasteiger partial charge is 0.270 e. The largest absolute Gasteiger partial charge is 0.345 e. The minimum absolute atomic E-state index is 0.0710. The summed E-state index contributed by atoms with van der Waals surface area (Å²) in [6.45, 7) is 0.625. The maximum atomic E-state index is 13.2. The molecule has 0 aromatic carbocycles. The average molecular weight is 406 g/mol. The van der Waals surface area contributed by atoms with Crippen LogP contribution in [-0.2, 0) is 6.54 Å². The second-order valence-corrected chi connectivity index (χ2v) is 9.71. The molecule has 2 atom stereocenters. The fourth-order valence-corrected chi connectivity index (χ4v) is 7.02. The number of aromatic nitrogens is 2. The van der Waals surface area contributed by atoms with Gasteiger partial charge in [0.15, 0.2) is 0 Å². The number of fused-ring (bicyclic) bond motifs is 1. The number of rotatable bonds is 3. The molecule has 30 heavy (non-hydrogen) atoms. The van der Waals surface area contributed by atoms with E-state index < -0.39 is 5.82 Å². The van der Waals surface area contributed by atoms with E-state index >= 15 is 0 Å². The van der Waals surface area contributed by atoms with Gasteiger partial charge in [-0.2, -0.15) is 0 Å². The van der Waals surface area contributed by atoms with Crippen LogP contribution in [0.2, 0.25) is 0 Å². The topological polar surface area (TPSA) is 75.2 Å². The summed E-state index contributed by atoms with van der Waals surface area (Å²) in [4.78, 5) is 36.3. The first kappa shape index (κ1) is 18.0. The number of nitrogens with one attached hydrogen (secondary N) is 1. The monoisotopic (exact) mass is 406 g/mol. The van der Waals surface area contributed by atoms with Crippen LogP contribution in [0.5, 0.6) is 0 Å². The number of hydrogen-bond donors (Lipinski definition) is 1. The average Bonchev–Trinajstić information content (AvgIpc) is 3.05. The molecule has 2 amide bonds. The molecule has 0 saturated heterocycles. The number of halogens is 1. The Balaban J connectivity index is 1.31. The summed E-state index contributed by atoms with van der Waals surface area (Å²) >= 11 is 0. The summed E-state index contributed by atoms with van der Waals surface area (Å²) in [5.74, 6) is 0.362. The van der Waals surface area contributed by atoms with Crippen LogP contribution in [0.3, 0.4) is 0 Å². The fourth-order valence-electron chi connectivity index (χ4n) is 7.02. The van der Waals surface area contributed by atoms with Gasteiger partial charge in [-0.25, -0.2) is 9.37 Å². The molecule has 0 radical (unpaired) electrons. The van der Waals surface area contributed by atoms with Crippen LogP contribution in [0.4, 0.5) is 4.39 Å². The molecule has 154 valence electrons. The van der Waals surface area contributed by atoms with Gasteiger partial charge in [-0.15, -0.1) is 0 Å². The highest BCUT2D eigenvalue weighted by Crippen LogP contribution is 2.60. The Morgan fingerprint density at radius 1 is 1.13 bits per heavy atom. The molecule has 6 nitrogen and oxygen atoms in total. The Hall–Kier alpha value is -2.83. The van der Waals surface area contributed by atoms with Crippen LogP contribution < -0.4 is 5.32 Å². The van der Waals surface area contributed by atoms with Crippen LogP contribution in [0.15, 0.2) is 36.8 Å². The first-order valence-electron chi connectivity index (χ1n) is 10.6. The molecule has 4 aliphatic carbocycles. The van der Waals surface area contributed by atoms with Crippen molar-refractivity contribution in [2.75, 3.05) is 0 Å². The van der Waals surface area contributed by atoms with Crippen molar-refractivity contribution >= 4 is 11.8 Å². The molecule has 3 heterocycles. The lowest BCUT2D eigenvalue weighted by Gasteiger charge is -2.64. The molecule has 2 aromatic rings. The Kier molecular flexibility index (Phi) is 3.65. The maximum Gasteiger partial charge on any atom is 0.270 e. The summed E-state index contributed by atoms with van der Waals surface area (Å²) in [7, 11) is 0. The van der Waals surface area contributed by atoms with Gasteiger partial charge in [-0.3, -0.25) is 14.6 Å². The SMILES string of the molecule is O=C(NC12CC3CC(C1)CC(N1Cc4ccncc4C1=O)(C3)C2)c1ccc(F)cn1. The molecule has 2 unspecified atom stereocenters. The van der Waals surface area contributed by atoms with Gasteiger partial charge in [-0.1, -0.05) is 0 Å². The Bertz CT molecular complexity index is 1040. The number of amides is 2. The third kappa shape index (κ3) is 2.60. The molecule has 4 saturated carbocycles. The van der Waals surface area contributed by atoms with E-state index in [2.05, 4.69) is 20.2 Å². The summed E-state index contributed by atoms with van der Waals surface area (Å²) in [6.07, 6.45) is 10.3. The van der Waals surface area contributed by atoms with E-state index in [0.29, 0.717) is 23.9 Å². The Morgan fingerprint density at radius 2 is 1.93 bits per heavy atom. The zero-order valence-electron chi connectivity index (χ0n) is 16.6. The van der Waals surface area contributed by atoms with Gasteiger partial charge in [0.1, 0.15) is 11.5 Å². The maximum absolute atomic E-state index is 13.2. The first-order valence-corrected chi connectivity index (χ1v) is 10.6. The molecule has 5 aliphatic rings. The van der Waals surface area contributed by atoms with E-state index in [4.69, 9.17) is 0 Å². The molecular weight excluding hydrogens is 383 g/mol. The zero-order chi connectivity index (χ0) is 20.5. The molecular formula is C23H23FN4O2. The normalized spacial score (nSPS) is 33.6. The number of hydrogen-bond acceptors (Lipinski definition) is 4. The van der Waals surface area contributed by atoms with E-state index in [9.17, 15) is 14.0 Å². The summed E-state index contributed by atoms with van der Waals surface area (Å²) < 4.78 is 13.2. The molecule has 2 aromatic heterocycles. The molecule has 1 aliphatic heterocycles. The molecule has 4 fully saturated rings. The van der Waals surface area contributed by atoms with Gasteiger partial charge in [-0.05, 0) is 74.1 Å². The van der Waals surface area contributed by atoms with Crippen molar-refractivity contribution in [1.29, 1.82) is 0 Å². The van der Waals surface area contributed by atoms with Crippen molar-refractivity contribution in [3.05, 3.63) is 59.4 Å². The van der Waals surface area contributed by atoms with Crippen LogP contribution >= 0.6 is 0 Å². The van der Waals surface area contributed by atoms with Crippen molar-refractivity contribution < 1.29 is 14.0 Å². The second kappa shape index (κ2) is 6.09. The van der Waals surface area contributed by atoms with E-state index in [1.165, 1.54) is 18.6 Å². The lowest BCUT2D eigenvalue weighted by molar-refractivity contribution is -0.0938. The number of carbonyl (C=O) groups excluding carboxylic acids is 2. The predicted octanol–water partition coefficient (Wildman–Crippen LogP) is 3.09. The number of pyridine rings is 2. The van der Waals surface area contributed by atoms with Crippen LogP contribution in [0.1, 0.15) is 64.9 Å². The van der Waals surface area contributed by atoms with Crippen LogP contribution in [0.25, 0.3) is 0 Å². The van der Waals surface area contributed by atoms with Gasteiger partial charge >= 0.3 is 0 Å². The molecule has 7 heteroatoms. The highest BCUT2D eigenvalue weighted by atomic mass is 19.1. The van der Waals surface area contributed by atoms with Crippen LogP contribution in [0, 0.1) is 17.7 Å². The van der Waals surface area contributed by atoms with Gasteiger partial charge in [0.25, 0.3) is 11.8 Å². The summed E-state index contributed by atoms with van der Waals surface area (Å²) in [5.41, 5.74) is 1.44. The highest BCUT2D eigenvalue weighted by Gasteiger charge is 2.61. The van der Waals surface area contributed by atoms with Gasteiger partial charge < -0.3 is 10.2 Å². The van der Waals surface area contributed by atoms with Gasteiger partial charge in [0, 0.05) is 30.0 Å². The van der Waals surface area contributed by atoms with Crippen molar-refractivity contribution in [2.45, 2.75) is 56.1 Å². The van der Waals surface area contributed by atoms with Crippen molar-refractivity contribution in [2.24, 2.45) is 11.8 Å². The van der Waals surface area contributed by atoms with Gasteiger partial charge in [0.2, 0.25) is 0 Å². The van der Waals surface area contributed by atoms with E-state index in [1.807, 2.05) is 6.07 Å². The molecule has 7 rings (SSSR count). The number of nitrogens with zero attached hydrogens (tertiary/aromatic N) is 3. The summed E-state index contributed by atoms with van der Waals surface area (Å²) in [6, 6.07) is 4.62. The quantitative estimate of drug-likeness (QED) is 0.850. The second-order valence-electron chi connectivity index (χ2n) is 9.71. The lowest BCUT2D eigenvalue weighted by Crippen LogP contribution is -2.69. The predicted molar refractivity (Wildman–Crippen MR) is 106 cm³/mol. The van der Waals surface area contributed by atoms with E-state index in [0.717, 1.165) is 43.9 Å². The molecule has 4 bridgehead atoms. The minimum atomic E-state index is -0.457. The third-order valence-electron chi connectivity index (χ3n) is 7.66. The minimum Gasteiger partial charge on any atom is -0.345 e. The standard InChI is InChI=1S/C23H23FN4O2/c24-17-1-2-19(26-10-17)20(29)27-22-6-14-5-15(7-22)9-23(8-14,13-22)28-12-16-3-4-25-11-18(16)21(28)30/h1-4,10-11,14-15H,5-9,12-13H2,(H,27,29). The van der Waals surface area contributed by atoms with Crippen molar-refractivity contribution in [1.82, 2.24) is 20.2 Å². The third-order valence-corrected chi connectivity index (χ3v) is 7.66. The zero-order valence-corrected chi connectivity index (χ0v) is 16.6. The van der Waals surface area contributed by atoms with Crippen molar-refractivity contribution in [3.8, 4) is 0 Å². The molecule has 0 spiro atoms. The fraction of sp³-hybridized carbons (Fsp3) is 0.478. The van der Waals surface area contributed by atoms with E-state index in [1.54, 1.807) is 12.4 Å². The first-order chi connectivity index (χ1) is 14.5. The van der Waals surface area contributed by atoms with Crippen molar-refractivity contribution in [3.63, 3.8) is 0 Å². The molecule has 1 N–H and O–H groups in total. The summed E-state index contributed by atoms with van der Waals surface area (Å²) in [5, 5.41) is 3.27.